The predicted octanol–water partition coefficient (Wildman–Crippen LogP) is 3.90. The number of aryl methyl sites for hydroxylation is 1. The Balaban J connectivity index is 2.79. The van der Waals surface area contributed by atoms with E-state index < -0.39 is 23.6 Å². The van der Waals surface area contributed by atoms with Crippen molar-refractivity contribution in [3.8, 4) is 0 Å². The Hall–Kier alpha value is -1.66. The van der Waals surface area contributed by atoms with E-state index in [2.05, 4.69) is 5.32 Å². The summed E-state index contributed by atoms with van der Waals surface area (Å²) in [5.41, 5.74) is -0.0990. The van der Waals surface area contributed by atoms with Gasteiger partial charge in [-0.2, -0.15) is 13.2 Å². The number of nitrogens with zero attached hydrogens (tertiary/aromatic N) is 1. The van der Waals surface area contributed by atoms with E-state index in [1.54, 1.807) is 34.6 Å². The van der Waals surface area contributed by atoms with Crippen LogP contribution in [0.4, 0.5) is 18.0 Å². The minimum atomic E-state index is -4.41. The van der Waals surface area contributed by atoms with Crippen LogP contribution in [-0.2, 0) is 23.9 Å². The number of hydrogen-bond donors (Lipinski definition) is 1. The quantitative estimate of drug-likeness (QED) is 0.914. The Morgan fingerprint density at radius 2 is 1.91 bits per heavy atom. The number of aromatic nitrogens is 1. The van der Waals surface area contributed by atoms with Crippen LogP contribution in [-0.4, -0.2) is 22.8 Å². The van der Waals surface area contributed by atoms with Crippen LogP contribution in [0.3, 0.4) is 0 Å². The zero-order chi connectivity index (χ0) is 17.1. The third kappa shape index (κ3) is 4.96. The molecule has 0 saturated carbocycles. The molecule has 0 aliphatic carbocycles. The summed E-state index contributed by atoms with van der Waals surface area (Å²) in [6.07, 6.45) is -4.55. The normalized spacial score (nSPS) is 12.4. The van der Waals surface area contributed by atoms with Crippen LogP contribution in [0, 0.1) is 6.92 Å². The third-order valence-electron chi connectivity index (χ3n) is 3.05. The molecule has 0 aliphatic rings. The molecule has 1 N–H and O–H groups in total. The van der Waals surface area contributed by atoms with Gasteiger partial charge in [-0.15, -0.1) is 0 Å². The van der Waals surface area contributed by atoms with Crippen LogP contribution in [0.2, 0.25) is 0 Å². The molecule has 0 unspecified atom stereocenters. The largest absolute Gasteiger partial charge is 0.444 e. The first-order valence-corrected chi connectivity index (χ1v) is 7.18. The van der Waals surface area contributed by atoms with Gasteiger partial charge in [-0.25, -0.2) is 4.79 Å². The van der Waals surface area contributed by atoms with Crippen LogP contribution in [0.25, 0.3) is 0 Å². The number of carbonyl (C=O) groups is 1. The molecule has 22 heavy (non-hydrogen) atoms. The lowest BCUT2D eigenvalue weighted by Gasteiger charge is -2.20. The number of nitrogens with one attached hydrogen (secondary N) is 1. The van der Waals surface area contributed by atoms with Crippen molar-refractivity contribution in [2.45, 2.75) is 59.4 Å². The van der Waals surface area contributed by atoms with Crippen LogP contribution in [0.1, 0.15) is 44.6 Å². The topological polar surface area (TPSA) is 43.3 Å². The molecule has 0 fully saturated rings. The molecule has 1 aromatic rings. The number of carbonyl (C=O) groups excluding carboxylic acids is 1. The van der Waals surface area contributed by atoms with Gasteiger partial charge in [-0.1, -0.05) is 6.92 Å². The summed E-state index contributed by atoms with van der Waals surface area (Å²) in [6, 6.07) is 1.15. The third-order valence-corrected chi connectivity index (χ3v) is 3.05. The summed E-state index contributed by atoms with van der Waals surface area (Å²) in [6.45, 7) is 8.74. The van der Waals surface area contributed by atoms with Crippen molar-refractivity contribution in [1.29, 1.82) is 0 Å². The standard InChI is InChI=1S/C15H23F3N2O2/c1-6-11-10(2)9-12(15(16,17)18)20(11)8-7-19-13(21)22-14(3,4)5/h9H,6-8H2,1-5H3,(H,19,21). The van der Waals surface area contributed by atoms with E-state index in [4.69, 9.17) is 4.74 Å². The number of halogens is 3. The number of alkyl halides is 3. The van der Waals surface area contributed by atoms with Crippen LogP contribution < -0.4 is 5.32 Å². The summed E-state index contributed by atoms with van der Waals surface area (Å²) in [5.74, 6) is 0. The van der Waals surface area contributed by atoms with Crippen LogP contribution in [0.5, 0.6) is 0 Å². The Kier molecular flexibility index (Phi) is 5.54. The van der Waals surface area contributed by atoms with Gasteiger partial charge in [-0.05, 0) is 45.7 Å². The van der Waals surface area contributed by atoms with E-state index in [-0.39, 0.29) is 13.1 Å². The number of rotatable bonds is 4. The van der Waals surface area contributed by atoms with Gasteiger partial charge in [0, 0.05) is 18.8 Å². The molecule has 0 radical (unpaired) electrons. The van der Waals surface area contributed by atoms with Gasteiger partial charge < -0.3 is 14.6 Å². The minimum absolute atomic E-state index is 0.0467. The average molecular weight is 320 g/mol. The zero-order valence-corrected chi connectivity index (χ0v) is 13.6. The molecule has 1 rings (SSSR count). The Morgan fingerprint density at radius 3 is 2.36 bits per heavy atom. The molecule has 7 heteroatoms. The number of amides is 1. The highest BCUT2D eigenvalue weighted by Crippen LogP contribution is 2.32. The number of alkyl carbamates (subject to hydrolysis) is 1. The maximum atomic E-state index is 13.1. The number of hydrogen-bond acceptors (Lipinski definition) is 2. The second-order valence-corrected chi connectivity index (χ2v) is 6.09. The lowest BCUT2D eigenvalue weighted by molar-refractivity contribution is -0.143. The van der Waals surface area contributed by atoms with E-state index in [0.717, 1.165) is 6.07 Å². The van der Waals surface area contributed by atoms with E-state index >= 15 is 0 Å². The predicted molar refractivity (Wildman–Crippen MR) is 77.8 cm³/mol. The molecule has 0 atom stereocenters. The monoisotopic (exact) mass is 320 g/mol. The Bertz CT molecular complexity index is 528. The first-order chi connectivity index (χ1) is 9.95. The van der Waals surface area contributed by atoms with E-state index in [9.17, 15) is 18.0 Å². The van der Waals surface area contributed by atoms with Crippen molar-refractivity contribution < 1.29 is 22.7 Å². The summed E-state index contributed by atoms with van der Waals surface area (Å²) in [4.78, 5) is 11.5. The van der Waals surface area contributed by atoms with Gasteiger partial charge in [-0.3, -0.25) is 0 Å². The molecular weight excluding hydrogens is 297 g/mol. The molecule has 0 bridgehead atoms. The van der Waals surface area contributed by atoms with Crippen LogP contribution >= 0.6 is 0 Å². The van der Waals surface area contributed by atoms with Crippen LogP contribution in [0.15, 0.2) is 6.07 Å². The Labute approximate surface area is 128 Å². The van der Waals surface area contributed by atoms with Gasteiger partial charge in [0.05, 0.1) is 0 Å². The lowest BCUT2D eigenvalue weighted by Crippen LogP contribution is -2.34. The number of ether oxygens (including phenoxy) is 1. The highest BCUT2D eigenvalue weighted by Gasteiger charge is 2.35. The van der Waals surface area contributed by atoms with Crippen molar-refractivity contribution in [2.24, 2.45) is 0 Å². The van der Waals surface area contributed by atoms with Crippen molar-refractivity contribution in [3.05, 3.63) is 23.0 Å². The smallest absolute Gasteiger partial charge is 0.431 e. The molecule has 0 spiro atoms. The van der Waals surface area contributed by atoms with Gasteiger partial charge >= 0.3 is 12.3 Å². The van der Waals surface area contributed by atoms with Gasteiger partial charge in [0.25, 0.3) is 0 Å². The van der Waals surface area contributed by atoms with Crippen molar-refractivity contribution in [2.75, 3.05) is 6.54 Å². The first kappa shape index (κ1) is 18.4. The fourth-order valence-electron chi connectivity index (χ4n) is 2.27. The van der Waals surface area contributed by atoms with Crippen molar-refractivity contribution in [1.82, 2.24) is 9.88 Å². The summed E-state index contributed by atoms with van der Waals surface area (Å²) < 4.78 is 45.4. The molecule has 0 aliphatic heterocycles. The molecule has 1 heterocycles. The fourth-order valence-corrected chi connectivity index (χ4v) is 2.27. The van der Waals surface area contributed by atoms with Gasteiger partial charge in [0.15, 0.2) is 0 Å². The highest BCUT2D eigenvalue weighted by molar-refractivity contribution is 5.67. The van der Waals surface area contributed by atoms with Gasteiger partial charge in [0.2, 0.25) is 0 Å². The SMILES string of the molecule is CCc1c(C)cc(C(F)(F)F)n1CCNC(=O)OC(C)(C)C. The summed E-state index contributed by atoms with van der Waals surface area (Å²) >= 11 is 0. The second kappa shape index (κ2) is 6.62. The zero-order valence-electron chi connectivity index (χ0n) is 13.6. The maximum absolute atomic E-state index is 13.1. The van der Waals surface area contributed by atoms with Crippen molar-refractivity contribution in [3.63, 3.8) is 0 Å². The minimum Gasteiger partial charge on any atom is -0.444 e. The van der Waals surface area contributed by atoms with E-state index in [1.165, 1.54) is 4.57 Å². The molecule has 1 aromatic heterocycles. The highest BCUT2D eigenvalue weighted by atomic mass is 19.4. The second-order valence-electron chi connectivity index (χ2n) is 6.09. The summed E-state index contributed by atoms with van der Waals surface area (Å²) in [7, 11) is 0. The fraction of sp³-hybridized carbons (Fsp3) is 0.667. The summed E-state index contributed by atoms with van der Waals surface area (Å²) in [5, 5.41) is 2.48. The van der Waals surface area contributed by atoms with E-state index in [0.29, 0.717) is 17.7 Å². The molecule has 126 valence electrons. The average Bonchev–Trinajstić information content (AvgIpc) is 2.63. The molecule has 0 saturated heterocycles. The first-order valence-electron chi connectivity index (χ1n) is 7.18. The molecule has 1 amide bonds. The molecule has 0 aromatic carbocycles. The lowest BCUT2D eigenvalue weighted by atomic mass is 10.2. The Morgan fingerprint density at radius 1 is 1.32 bits per heavy atom. The maximum Gasteiger partial charge on any atom is 0.431 e. The van der Waals surface area contributed by atoms with Crippen molar-refractivity contribution >= 4 is 6.09 Å². The molecule has 4 nitrogen and oxygen atoms in total. The van der Waals surface area contributed by atoms with E-state index in [1.807, 2.05) is 0 Å². The van der Waals surface area contributed by atoms with Gasteiger partial charge in [0.1, 0.15) is 11.3 Å². The molecular formula is C15H23F3N2O2.